The van der Waals surface area contributed by atoms with Crippen molar-refractivity contribution in [1.82, 2.24) is 19.7 Å². The number of nitrogens with zero attached hydrogens (tertiary/aromatic N) is 4. The Morgan fingerprint density at radius 1 is 0.957 bits per heavy atom. The smallest absolute Gasteiger partial charge is 0.412 e. The molecule has 1 atom stereocenters. The molecule has 2 heterocycles. The van der Waals surface area contributed by atoms with E-state index < -0.39 is 41.4 Å². The predicted octanol–water partition coefficient (Wildman–Crippen LogP) is 5.38. The van der Waals surface area contributed by atoms with Crippen LogP contribution in [0.5, 0.6) is 0 Å². The fraction of sp³-hybridized carbons (Fsp3) is 0.441. The van der Waals surface area contributed by atoms with Crippen LogP contribution in [0.25, 0.3) is 10.8 Å². The summed E-state index contributed by atoms with van der Waals surface area (Å²) in [4.78, 5) is 60.2. The molecular formula is C34H41F2N5O6. The number of benzene rings is 2. The number of halogens is 2. The molecule has 1 saturated heterocycles. The van der Waals surface area contributed by atoms with Crippen LogP contribution in [0.2, 0.25) is 0 Å². The van der Waals surface area contributed by atoms with Crippen molar-refractivity contribution in [3.05, 3.63) is 71.9 Å². The van der Waals surface area contributed by atoms with Crippen LogP contribution in [0.4, 0.5) is 24.2 Å². The number of fused-ring (bicyclic) bond motifs is 1. The maximum Gasteiger partial charge on any atom is 0.412 e. The van der Waals surface area contributed by atoms with Crippen LogP contribution >= 0.6 is 0 Å². The van der Waals surface area contributed by atoms with E-state index in [1.807, 2.05) is 24.3 Å². The Balaban J connectivity index is 1.36. The number of aryl methyl sites for hydroxylation is 1. The van der Waals surface area contributed by atoms with Crippen molar-refractivity contribution < 1.29 is 37.4 Å². The zero-order chi connectivity index (χ0) is 34.1. The lowest BCUT2D eigenvalue weighted by atomic mass is 10.1. The first-order valence-electron chi connectivity index (χ1n) is 15.5. The number of hydrogen-bond acceptors (Lipinski definition) is 7. The molecule has 252 valence electrons. The van der Waals surface area contributed by atoms with Gasteiger partial charge in [-0.15, -0.1) is 0 Å². The van der Waals surface area contributed by atoms with Crippen molar-refractivity contribution >= 4 is 40.6 Å². The molecule has 0 bridgehead atoms. The van der Waals surface area contributed by atoms with Crippen molar-refractivity contribution in [1.29, 1.82) is 0 Å². The summed E-state index contributed by atoms with van der Waals surface area (Å²) in [6, 6.07) is 12.3. The monoisotopic (exact) mass is 653 g/mol. The third-order valence-electron chi connectivity index (χ3n) is 7.82. The molecule has 1 aliphatic rings. The Hall–Kier alpha value is -4.81. The van der Waals surface area contributed by atoms with E-state index in [4.69, 9.17) is 9.47 Å². The highest BCUT2D eigenvalue weighted by atomic mass is 19.2. The van der Waals surface area contributed by atoms with Crippen molar-refractivity contribution in [3.8, 4) is 0 Å². The molecule has 0 aliphatic carbocycles. The quantitative estimate of drug-likeness (QED) is 0.312. The number of carbonyl (C=O) groups excluding carboxylic acids is 4. The van der Waals surface area contributed by atoms with Crippen LogP contribution in [0.3, 0.4) is 0 Å². The molecule has 47 heavy (non-hydrogen) atoms. The summed E-state index contributed by atoms with van der Waals surface area (Å²) in [7, 11) is 1.52. The number of hydrogen-bond donors (Lipinski definition) is 1. The van der Waals surface area contributed by atoms with Gasteiger partial charge in [0.15, 0.2) is 11.6 Å². The second-order valence-electron chi connectivity index (χ2n) is 12.4. The summed E-state index contributed by atoms with van der Waals surface area (Å²) in [5, 5.41) is 4.37. The van der Waals surface area contributed by atoms with E-state index in [1.54, 1.807) is 42.8 Å². The second-order valence-corrected chi connectivity index (χ2v) is 12.4. The van der Waals surface area contributed by atoms with Crippen LogP contribution in [-0.2, 0) is 25.5 Å². The van der Waals surface area contributed by atoms with E-state index in [0.717, 1.165) is 16.8 Å². The molecule has 0 radical (unpaired) electrons. The van der Waals surface area contributed by atoms with Gasteiger partial charge in [0.25, 0.3) is 0 Å². The van der Waals surface area contributed by atoms with Gasteiger partial charge in [-0.3, -0.25) is 14.9 Å². The number of likely N-dealkylation sites (N-methyl/N-ethyl adjacent to an activating group) is 1. The van der Waals surface area contributed by atoms with Crippen LogP contribution in [0.15, 0.2) is 54.7 Å². The third-order valence-corrected chi connectivity index (χ3v) is 7.82. The maximum absolute atomic E-state index is 14.2. The van der Waals surface area contributed by atoms with Crippen LogP contribution in [-0.4, -0.2) is 95.2 Å². The van der Waals surface area contributed by atoms with E-state index >= 15 is 0 Å². The minimum atomic E-state index is -1.00. The van der Waals surface area contributed by atoms with E-state index in [1.165, 1.54) is 24.1 Å². The number of piperazine rings is 1. The number of amides is 4. The molecule has 2 aromatic carbocycles. The summed E-state index contributed by atoms with van der Waals surface area (Å²) < 4.78 is 38.7. The van der Waals surface area contributed by atoms with Crippen molar-refractivity contribution in [2.75, 3.05) is 45.2 Å². The molecule has 3 aromatic rings. The predicted molar refractivity (Wildman–Crippen MR) is 172 cm³/mol. The van der Waals surface area contributed by atoms with Crippen molar-refractivity contribution in [3.63, 3.8) is 0 Å². The SMILES string of the molecule is CN(C(=O)CCc1cccc(F)c1F)[C@@H](CCC(=O)N1CCN(C(=O)OC(C)(C)C)CC1)COC(=O)Nc1cc2ccccc2cn1. The van der Waals surface area contributed by atoms with Gasteiger partial charge in [0.05, 0.1) is 6.04 Å². The normalized spacial score (nSPS) is 14.0. The summed E-state index contributed by atoms with van der Waals surface area (Å²) in [5.74, 6) is -2.28. The summed E-state index contributed by atoms with van der Waals surface area (Å²) in [6.07, 6.45) is 0.465. The van der Waals surface area contributed by atoms with Gasteiger partial charge < -0.3 is 24.2 Å². The summed E-state index contributed by atoms with van der Waals surface area (Å²) in [6.45, 7) is 6.44. The molecule has 0 spiro atoms. The Bertz CT molecular complexity index is 1590. The number of aromatic nitrogens is 1. The van der Waals surface area contributed by atoms with Gasteiger partial charge >= 0.3 is 12.2 Å². The number of carbonyl (C=O) groups is 4. The van der Waals surface area contributed by atoms with E-state index in [2.05, 4.69) is 10.3 Å². The van der Waals surface area contributed by atoms with E-state index in [0.29, 0.717) is 26.2 Å². The average Bonchev–Trinajstić information content (AvgIpc) is 3.04. The van der Waals surface area contributed by atoms with Gasteiger partial charge in [-0.25, -0.2) is 23.4 Å². The minimum Gasteiger partial charge on any atom is -0.447 e. The first kappa shape index (κ1) is 35.1. The van der Waals surface area contributed by atoms with Crippen molar-refractivity contribution in [2.24, 2.45) is 0 Å². The third kappa shape index (κ3) is 10.1. The van der Waals surface area contributed by atoms with Crippen LogP contribution in [0.1, 0.15) is 45.6 Å². The molecule has 4 amide bonds. The Kier molecular flexibility index (Phi) is 11.7. The molecule has 1 N–H and O–H groups in total. The molecule has 1 fully saturated rings. The average molecular weight is 654 g/mol. The largest absolute Gasteiger partial charge is 0.447 e. The molecule has 13 heteroatoms. The molecule has 1 aromatic heterocycles. The zero-order valence-corrected chi connectivity index (χ0v) is 27.1. The second kappa shape index (κ2) is 15.7. The van der Waals surface area contributed by atoms with Gasteiger partial charge in [0.2, 0.25) is 11.8 Å². The molecule has 11 nitrogen and oxygen atoms in total. The standard InChI is InChI=1S/C34H41F2N5O6/c1-34(2,3)47-33(45)41-18-16-40(17-19-41)30(43)15-13-26(39(4)29(42)14-12-23-10-7-11-27(35)31(23)36)22-46-32(44)38-28-20-24-8-5-6-9-25(24)21-37-28/h5-11,20-21,26H,12-19,22H2,1-4H3,(H,37,38,44)/t26-/m0/s1. The topological polar surface area (TPSA) is 121 Å². The van der Waals surface area contributed by atoms with Gasteiger partial charge in [-0.05, 0) is 56.7 Å². The highest BCUT2D eigenvalue weighted by Gasteiger charge is 2.29. The maximum atomic E-state index is 14.2. The highest BCUT2D eigenvalue weighted by molar-refractivity contribution is 5.89. The Morgan fingerprint density at radius 2 is 1.64 bits per heavy atom. The number of rotatable bonds is 10. The highest BCUT2D eigenvalue weighted by Crippen LogP contribution is 2.19. The van der Waals surface area contributed by atoms with Gasteiger partial charge in [0.1, 0.15) is 18.0 Å². The van der Waals surface area contributed by atoms with Crippen LogP contribution < -0.4 is 5.32 Å². The minimum absolute atomic E-state index is 0.0324. The Labute approximate surface area is 272 Å². The summed E-state index contributed by atoms with van der Waals surface area (Å²) >= 11 is 0. The molecule has 0 saturated carbocycles. The van der Waals surface area contributed by atoms with Crippen molar-refractivity contribution in [2.45, 2.75) is 58.1 Å². The fourth-order valence-electron chi connectivity index (χ4n) is 5.13. The molecule has 0 unspecified atom stereocenters. The number of nitrogens with one attached hydrogen (secondary N) is 1. The van der Waals surface area contributed by atoms with Crippen LogP contribution in [0, 0.1) is 11.6 Å². The lowest BCUT2D eigenvalue weighted by molar-refractivity contribution is -0.136. The van der Waals surface area contributed by atoms with E-state index in [-0.39, 0.29) is 49.6 Å². The first-order valence-corrected chi connectivity index (χ1v) is 15.5. The lowest BCUT2D eigenvalue weighted by Crippen LogP contribution is -2.51. The fourth-order valence-corrected chi connectivity index (χ4v) is 5.13. The molecule has 1 aliphatic heterocycles. The summed E-state index contributed by atoms with van der Waals surface area (Å²) in [5.41, 5.74) is -0.554. The zero-order valence-electron chi connectivity index (χ0n) is 27.1. The van der Waals surface area contributed by atoms with E-state index in [9.17, 15) is 28.0 Å². The number of ether oxygens (including phenoxy) is 2. The molecular weight excluding hydrogens is 612 g/mol. The van der Waals surface area contributed by atoms with Gasteiger partial charge in [-0.2, -0.15) is 0 Å². The lowest BCUT2D eigenvalue weighted by Gasteiger charge is -2.36. The number of anilines is 1. The Morgan fingerprint density at radius 3 is 2.34 bits per heavy atom. The van der Waals surface area contributed by atoms with Gasteiger partial charge in [0, 0.05) is 57.7 Å². The number of pyridine rings is 1. The molecule has 4 rings (SSSR count). The van der Waals surface area contributed by atoms with Gasteiger partial charge in [-0.1, -0.05) is 36.4 Å². The first-order chi connectivity index (χ1) is 22.3.